The summed E-state index contributed by atoms with van der Waals surface area (Å²) in [5.74, 6) is 0. The van der Waals surface area contributed by atoms with Gasteiger partial charge in [-0.05, 0) is 33.1 Å². The fourth-order valence-corrected chi connectivity index (χ4v) is 3.66. The molecule has 1 rings (SSSR count). The Balaban J connectivity index is 2.03. The molecule has 0 fully saturated rings. The van der Waals surface area contributed by atoms with Crippen LogP contribution in [0.4, 0.5) is 0 Å². The Kier molecular flexibility index (Phi) is 10.3. The Morgan fingerprint density at radius 3 is 2.26 bits per heavy atom. The molecule has 3 nitrogen and oxygen atoms in total. The van der Waals surface area contributed by atoms with Gasteiger partial charge in [-0.2, -0.15) is 0 Å². The summed E-state index contributed by atoms with van der Waals surface area (Å²) >= 11 is 0. The quantitative estimate of drug-likeness (QED) is 0.283. The third-order valence-corrected chi connectivity index (χ3v) is 5.30. The lowest BCUT2D eigenvalue weighted by Gasteiger charge is -2.39. The summed E-state index contributed by atoms with van der Waals surface area (Å²) in [4.78, 5) is 0. The normalized spacial score (nSPS) is 25.1. The number of aliphatic hydroxyl groups excluding tert-OH is 1. The van der Waals surface area contributed by atoms with Crippen molar-refractivity contribution in [3.8, 4) is 0 Å². The minimum Gasteiger partial charge on any atom is -0.345 e. The van der Waals surface area contributed by atoms with E-state index < -0.39 is 0 Å². The number of unbranched alkanes of at least 4 members (excludes halogenated alkanes) is 8. The van der Waals surface area contributed by atoms with Crippen LogP contribution in [0, 0.1) is 0 Å². The molecule has 0 aromatic rings. The van der Waals surface area contributed by atoms with Gasteiger partial charge in [-0.1, -0.05) is 50.7 Å². The van der Waals surface area contributed by atoms with Crippen molar-refractivity contribution >= 4 is 0 Å². The van der Waals surface area contributed by atoms with Gasteiger partial charge in [0.1, 0.15) is 6.20 Å². The first-order chi connectivity index (χ1) is 11.2. The lowest BCUT2D eigenvalue weighted by Crippen LogP contribution is -2.57. The molecule has 1 heterocycles. The van der Waals surface area contributed by atoms with Crippen LogP contribution in [0.2, 0.25) is 0 Å². The van der Waals surface area contributed by atoms with E-state index in [2.05, 4.69) is 37.5 Å². The minimum atomic E-state index is -0.334. The summed E-state index contributed by atoms with van der Waals surface area (Å²) in [6.45, 7) is 7.11. The highest BCUT2D eigenvalue weighted by Gasteiger charge is 2.40. The molecular weight excluding hydrogens is 284 g/mol. The summed E-state index contributed by atoms with van der Waals surface area (Å²) in [7, 11) is 0. The summed E-state index contributed by atoms with van der Waals surface area (Å²) in [5.41, 5.74) is 0. The van der Waals surface area contributed by atoms with Gasteiger partial charge in [0.2, 0.25) is 0 Å². The van der Waals surface area contributed by atoms with Crippen molar-refractivity contribution in [3.63, 3.8) is 0 Å². The molecule has 0 saturated heterocycles. The van der Waals surface area contributed by atoms with Crippen molar-refractivity contribution in [2.75, 3.05) is 6.54 Å². The van der Waals surface area contributed by atoms with Gasteiger partial charge in [0, 0.05) is 13.3 Å². The molecule has 3 unspecified atom stereocenters. The molecule has 0 aliphatic carbocycles. The third-order valence-electron chi connectivity index (χ3n) is 5.30. The monoisotopic (exact) mass is 323 g/mol. The van der Waals surface area contributed by atoms with Crippen molar-refractivity contribution in [2.45, 2.75) is 97.4 Å². The SMILES string of the molecule is C/C=C/CCCCCCCCCCC1NC=C[N+]1(CC)C(C)O. The maximum Gasteiger partial charge on any atom is 0.193 e. The second-order valence-corrected chi connectivity index (χ2v) is 6.92. The van der Waals surface area contributed by atoms with Crippen LogP contribution < -0.4 is 5.32 Å². The average molecular weight is 324 g/mol. The van der Waals surface area contributed by atoms with Crippen molar-refractivity contribution < 1.29 is 9.59 Å². The number of quaternary nitrogens is 1. The number of aliphatic hydroxyl groups is 1. The van der Waals surface area contributed by atoms with E-state index in [0.717, 1.165) is 13.0 Å². The van der Waals surface area contributed by atoms with Crippen LogP contribution in [0.3, 0.4) is 0 Å². The number of rotatable bonds is 13. The Hall–Kier alpha value is -0.800. The highest BCUT2D eigenvalue weighted by atomic mass is 16.3. The molecule has 0 saturated carbocycles. The zero-order valence-corrected chi connectivity index (χ0v) is 15.6. The number of hydrogen-bond acceptors (Lipinski definition) is 2. The van der Waals surface area contributed by atoms with Crippen molar-refractivity contribution in [3.05, 3.63) is 24.6 Å². The molecule has 0 bridgehead atoms. The van der Waals surface area contributed by atoms with Crippen LogP contribution in [0.1, 0.15) is 85.0 Å². The van der Waals surface area contributed by atoms with Crippen molar-refractivity contribution in [2.24, 2.45) is 0 Å². The highest BCUT2D eigenvalue weighted by Crippen LogP contribution is 2.25. The van der Waals surface area contributed by atoms with Gasteiger partial charge in [-0.3, -0.25) is 4.48 Å². The third kappa shape index (κ3) is 6.68. The summed E-state index contributed by atoms with van der Waals surface area (Å²) in [5, 5.41) is 13.6. The predicted octanol–water partition coefficient (Wildman–Crippen LogP) is 5.04. The molecule has 0 radical (unpaired) electrons. The molecule has 0 amide bonds. The molecular formula is C20H39N2O+. The van der Waals surface area contributed by atoms with Gasteiger partial charge in [-0.25, -0.2) is 0 Å². The Morgan fingerprint density at radius 1 is 1.09 bits per heavy atom. The molecule has 0 aromatic heterocycles. The largest absolute Gasteiger partial charge is 0.345 e. The van der Waals surface area contributed by atoms with Crippen LogP contribution >= 0.6 is 0 Å². The molecule has 0 spiro atoms. The van der Waals surface area contributed by atoms with E-state index >= 15 is 0 Å². The van der Waals surface area contributed by atoms with Crippen LogP contribution in [-0.4, -0.2) is 28.5 Å². The molecule has 23 heavy (non-hydrogen) atoms. The molecule has 134 valence electrons. The lowest BCUT2D eigenvalue weighted by molar-refractivity contribution is -0.942. The number of nitrogens with one attached hydrogen (secondary N) is 1. The van der Waals surface area contributed by atoms with Crippen LogP contribution in [-0.2, 0) is 0 Å². The van der Waals surface area contributed by atoms with Crippen LogP contribution in [0.5, 0.6) is 0 Å². The predicted molar refractivity (Wildman–Crippen MR) is 99.5 cm³/mol. The van der Waals surface area contributed by atoms with E-state index in [1.54, 1.807) is 0 Å². The molecule has 1 aliphatic heterocycles. The Labute approximate surface area is 144 Å². The molecule has 3 heteroatoms. The summed E-state index contributed by atoms with van der Waals surface area (Å²) in [6, 6.07) is 0. The van der Waals surface area contributed by atoms with Crippen molar-refractivity contribution in [1.29, 1.82) is 0 Å². The first-order valence-corrected chi connectivity index (χ1v) is 9.77. The number of hydrogen-bond donors (Lipinski definition) is 2. The molecule has 2 N–H and O–H groups in total. The van der Waals surface area contributed by atoms with Crippen molar-refractivity contribution in [1.82, 2.24) is 5.32 Å². The van der Waals surface area contributed by atoms with Gasteiger partial charge in [0.25, 0.3) is 0 Å². The first kappa shape index (κ1) is 20.2. The van der Waals surface area contributed by atoms with Gasteiger partial charge in [0.05, 0.1) is 12.7 Å². The fourth-order valence-electron chi connectivity index (χ4n) is 3.66. The first-order valence-electron chi connectivity index (χ1n) is 9.77. The van der Waals surface area contributed by atoms with Gasteiger partial charge >= 0.3 is 0 Å². The summed E-state index contributed by atoms with van der Waals surface area (Å²) in [6.07, 6.45) is 21.8. The van der Waals surface area contributed by atoms with E-state index in [9.17, 15) is 5.11 Å². The van der Waals surface area contributed by atoms with Crippen LogP contribution in [0.15, 0.2) is 24.6 Å². The van der Waals surface area contributed by atoms with E-state index in [-0.39, 0.29) is 6.23 Å². The maximum absolute atomic E-state index is 10.1. The second kappa shape index (κ2) is 11.7. The average Bonchev–Trinajstić information content (AvgIpc) is 2.97. The Morgan fingerprint density at radius 2 is 1.70 bits per heavy atom. The van der Waals surface area contributed by atoms with E-state index in [1.807, 2.05) is 13.1 Å². The molecule has 3 atom stereocenters. The smallest absolute Gasteiger partial charge is 0.193 e. The zero-order valence-electron chi connectivity index (χ0n) is 15.6. The van der Waals surface area contributed by atoms with Gasteiger partial charge in [0.15, 0.2) is 12.4 Å². The van der Waals surface area contributed by atoms with E-state index in [4.69, 9.17) is 0 Å². The molecule has 1 aliphatic rings. The highest BCUT2D eigenvalue weighted by molar-refractivity contribution is 4.84. The minimum absolute atomic E-state index is 0.334. The standard InChI is InChI=1S/C20H39N2O/c1-4-6-7-8-9-10-11-12-13-14-15-16-20-21-17-18-22(20,5-2)19(3)23/h4,6,17-21,23H,5,7-16H2,1-3H3/q+1/b6-4+. The van der Waals surface area contributed by atoms with Gasteiger partial charge < -0.3 is 10.4 Å². The second-order valence-electron chi connectivity index (χ2n) is 6.92. The fraction of sp³-hybridized carbons (Fsp3) is 0.800. The van der Waals surface area contributed by atoms with Gasteiger partial charge in [-0.15, -0.1) is 0 Å². The van der Waals surface area contributed by atoms with Crippen LogP contribution in [0.25, 0.3) is 0 Å². The maximum atomic E-state index is 10.1. The number of nitrogens with zero attached hydrogens (tertiary/aromatic N) is 1. The zero-order chi connectivity index (χ0) is 17.0. The lowest BCUT2D eigenvalue weighted by atomic mass is 10.0. The van der Waals surface area contributed by atoms with E-state index in [0.29, 0.717) is 10.6 Å². The van der Waals surface area contributed by atoms with E-state index in [1.165, 1.54) is 57.8 Å². The Bertz CT molecular complexity index is 352. The number of allylic oxidation sites excluding steroid dienone is 2. The topological polar surface area (TPSA) is 32.3 Å². The summed E-state index contributed by atoms with van der Waals surface area (Å²) < 4.78 is 0.673. The molecule has 0 aromatic carbocycles.